The third-order valence-corrected chi connectivity index (χ3v) is 5.23. The molecule has 1 spiro atoms. The molecule has 0 amide bonds. The van der Waals surface area contributed by atoms with Gasteiger partial charge in [0.25, 0.3) is 0 Å². The SMILES string of the molecule is COc1cc2c(cc1OC)C1(CCC2)CCN(C)CC1. The average molecular weight is 275 g/mol. The lowest BCUT2D eigenvalue weighted by Gasteiger charge is -2.45. The van der Waals surface area contributed by atoms with E-state index in [0.717, 1.165) is 11.5 Å². The molecule has 0 aromatic heterocycles. The smallest absolute Gasteiger partial charge is 0.161 e. The summed E-state index contributed by atoms with van der Waals surface area (Å²) < 4.78 is 11.0. The largest absolute Gasteiger partial charge is 0.493 e. The molecule has 1 aliphatic carbocycles. The highest BCUT2D eigenvalue weighted by Crippen LogP contribution is 2.47. The van der Waals surface area contributed by atoms with Crippen LogP contribution in [0.5, 0.6) is 11.5 Å². The van der Waals surface area contributed by atoms with Gasteiger partial charge in [-0.1, -0.05) is 0 Å². The fraction of sp³-hybridized carbons (Fsp3) is 0.647. The van der Waals surface area contributed by atoms with Gasteiger partial charge in [0.05, 0.1) is 14.2 Å². The van der Waals surface area contributed by atoms with Crippen molar-refractivity contribution >= 4 is 0 Å². The average Bonchev–Trinajstić information content (AvgIpc) is 2.49. The Morgan fingerprint density at radius 2 is 1.65 bits per heavy atom. The van der Waals surface area contributed by atoms with Crippen molar-refractivity contribution in [1.82, 2.24) is 4.90 Å². The summed E-state index contributed by atoms with van der Waals surface area (Å²) in [5.41, 5.74) is 3.37. The van der Waals surface area contributed by atoms with Crippen LogP contribution in [0, 0.1) is 0 Å². The van der Waals surface area contributed by atoms with Gasteiger partial charge in [0.2, 0.25) is 0 Å². The maximum absolute atomic E-state index is 5.52. The fourth-order valence-corrected chi connectivity index (χ4v) is 3.94. The van der Waals surface area contributed by atoms with Crippen molar-refractivity contribution in [3.8, 4) is 11.5 Å². The van der Waals surface area contributed by atoms with Crippen LogP contribution in [0.4, 0.5) is 0 Å². The Bertz CT molecular complexity index is 490. The summed E-state index contributed by atoms with van der Waals surface area (Å²) in [6.07, 6.45) is 6.33. The Kier molecular flexibility index (Phi) is 3.63. The molecule has 0 N–H and O–H groups in total. The Morgan fingerprint density at radius 1 is 1.00 bits per heavy atom. The van der Waals surface area contributed by atoms with E-state index < -0.39 is 0 Å². The third kappa shape index (κ3) is 2.18. The maximum Gasteiger partial charge on any atom is 0.161 e. The molecule has 3 nitrogen and oxygen atoms in total. The quantitative estimate of drug-likeness (QED) is 0.828. The molecule has 0 saturated carbocycles. The first-order valence-electron chi connectivity index (χ1n) is 7.62. The number of aryl methyl sites for hydroxylation is 1. The molecule has 1 heterocycles. The minimum Gasteiger partial charge on any atom is -0.493 e. The van der Waals surface area contributed by atoms with Gasteiger partial charge in [-0.25, -0.2) is 0 Å². The first kappa shape index (κ1) is 13.7. The van der Waals surface area contributed by atoms with Gasteiger partial charge in [0, 0.05) is 0 Å². The summed E-state index contributed by atoms with van der Waals surface area (Å²) >= 11 is 0. The molecule has 3 rings (SSSR count). The zero-order valence-electron chi connectivity index (χ0n) is 12.9. The van der Waals surface area contributed by atoms with E-state index >= 15 is 0 Å². The van der Waals surface area contributed by atoms with Crippen LogP contribution >= 0.6 is 0 Å². The summed E-state index contributed by atoms with van der Waals surface area (Å²) in [6.45, 7) is 2.40. The molecule has 20 heavy (non-hydrogen) atoms. The Hall–Kier alpha value is -1.22. The van der Waals surface area contributed by atoms with Crippen LogP contribution in [0.1, 0.15) is 36.8 Å². The molecule has 2 aliphatic rings. The van der Waals surface area contributed by atoms with E-state index in [0.29, 0.717) is 5.41 Å². The van der Waals surface area contributed by atoms with Crippen LogP contribution in [-0.2, 0) is 11.8 Å². The van der Waals surface area contributed by atoms with E-state index in [1.54, 1.807) is 14.2 Å². The zero-order valence-corrected chi connectivity index (χ0v) is 12.9. The number of benzene rings is 1. The topological polar surface area (TPSA) is 21.7 Å². The van der Waals surface area contributed by atoms with E-state index in [1.165, 1.54) is 56.3 Å². The van der Waals surface area contributed by atoms with Crippen molar-refractivity contribution < 1.29 is 9.47 Å². The van der Waals surface area contributed by atoms with Crippen LogP contribution < -0.4 is 9.47 Å². The Morgan fingerprint density at radius 3 is 2.30 bits per heavy atom. The first-order chi connectivity index (χ1) is 9.68. The fourth-order valence-electron chi connectivity index (χ4n) is 3.94. The number of methoxy groups -OCH3 is 2. The van der Waals surface area contributed by atoms with Crippen LogP contribution in [-0.4, -0.2) is 39.3 Å². The number of hydrogen-bond acceptors (Lipinski definition) is 3. The normalized spacial score (nSPS) is 21.6. The molecular weight excluding hydrogens is 250 g/mol. The van der Waals surface area contributed by atoms with Crippen molar-refractivity contribution in [3.63, 3.8) is 0 Å². The highest BCUT2D eigenvalue weighted by atomic mass is 16.5. The van der Waals surface area contributed by atoms with Crippen LogP contribution in [0.2, 0.25) is 0 Å². The molecule has 0 unspecified atom stereocenters. The van der Waals surface area contributed by atoms with Crippen LogP contribution in [0.3, 0.4) is 0 Å². The molecule has 1 fully saturated rings. The van der Waals surface area contributed by atoms with Gasteiger partial charge < -0.3 is 14.4 Å². The Balaban J connectivity index is 2.03. The van der Waals surface area contributed by atoms with Gasteiger partial charge in [0.15, 0.2) is 11.5 Å². The predicted octanol–water partition coefficient (Wildman–Crippen LogP) is 3.00. The lowest BCUT2D eigenvalue weighted by Crippen LogP contribution is -2.42. The number of fused-ring (bicyclic) bond motifs is 2. The summed E-state index contributed by atoms with van der Waals surface area (Å²) in [4.78, 5) is 2.44. The number of piperidine rings is 1. The second-order valence-corrected chi connectivity index (χ2v) is 6.30. The van der Waals surface area contributed by atoms with Crippen LogP contribution in [0.25, 0.3) is 0 Å². The number of likely N-dealkylation sites (tertiary alicyclic amines) is 1. The first-order valence-corrected chi connectivity index (χ1v) is 7.62. The summed E-state index contributed by atoms with van der Waals surface area (Å²) in [7, 11) is 5.68. The molecular formula is C17H25NO2. The monoisotopic (exact) mass is 275 g/mol. The lowest BCUT2D eigenvalue weighted by atomic mass is 9.65. The zero-order chi connectivity index (χ0) is 14.2. The predicted molar refractivity (Wildman–Crippen MR) is 80.9 cm³/mol. The molecule has 1 aromatic carbocycles. The van der Waals surface area contributed by atoms with Crippen molar-refractivity contribution in [2.75, 3.05) is 34.4 Å². The molecule has 110 valence electrons. The molecule has 0 bridgehead atoms. The van der Waals surface area contributed by atoms with Gasteiger partial charge >= 0.3 is 0 Å². The third-order valence-electron chi connectivity index (χ3n) is 5.23. The standard InChI is InChI=1S/C17H25NO2/c1-18-9-7-17(8-10-18)6-4-5-13-11-15(19-2)16(20-3)12-14(13)17/h11-12H,4-10H2,1-3H3. The molecule has 3 heteroatoms. The van der Waals surface area contributed by atoms with Crippen molar-refractivity contribution in [3.05, 3.63) is 23.3 Å². The van der Waals surface area contributed by atoms with Gasteiger partial charge in [0.1, 0.15) is 0 Å². The lowest BCUT2D eigenvalue weighted by molar-refractivity contribution is 0.169. The minimum absolute atomic E-state index is 0.375. The van der Waals surface area contributed by atoms with E-state index in [2.05, 4.69) is 24.1 Å². The van der Waals surface area contributed by atoms with Gasteiger partial charge in [-0.05, 0) is 80.9 Å². The van der Waals surface area contributed by atoms with Crippen molar-refractivity contribution in [2.24, 2.45) is 0 Å². The molecule has 0 atom stereocenters. The number of hydrogen-bond donors (Lipinski definition) is 0. The molecule has 0 radical (unpaired) electrons. The molecule has 1 saturated heterocycles. The summed E-state index contributed by atoms with van der Waals surface area (Å²) in [5, 5.41) is 0. The Labute approximate surface area is 121 Å². The van der Waals surface area contributed by atoms with Crippen molar-refractivity contribution in [1.29, 1.82) is 0 Å². The number of rotatable bonds is 2. The van der Waals surface area contributed by atoms with E-state index in [1.807, 2.05) is 0 Å². The molecule has 1 aliphatic heterocycles. The molecule has 1 aromatic rings. The van der Waals surface area contributed by atoms with Gasteiger partial charge in [-0.15, -0.1) is 0 Å². The minimum atomic E-state index is 0.375. The highest BCUT2D eigenvalue weighted by Gasteiger charge is 2.39. The van der Waals surface area contributed by atoms with E-state index in [4.69, 9.17) is 9.47 Å². The van der Waals surface area contributed by atoms with Gasteiger partial charge in [-0.3, -0.25) is 0 Å². The number of ether oxygens (including phenoxy) is 2. The second-order valence-electron chi connectivity index (χ2n) is 6.30. The second kappa shape index (κ2) is 5.28. The van der Waals surface area contributed by atoms with Gasteiger partial charge in [-0.2, -0.15) is 0 Å². The summed E-state index contributed by atoms with van der Waals surface area (Å²) in [6, 6.07) is 4.45. The van der Waals surface area contributed by atoms with Crippen LogP contribution in [0.15, 0.2) is 12.1 Å². The highest BCUT2D eigenvalue weighted by molar-refractivity contribution is 5.51. The van der Waals surface area contributed by atoms with E-state index in [-0.39, 0.29) is 0 Å². The van der Waals surface area contributed by atoms with E-state index in [9.17, 15) is 0 Å². The van der Waals surface area contributed by atoms with Crippen molar-refractivity contribution in [2.45, 2.75) is 37.5 Å². The maximum atomic E-state index is 5.52. The number of nitrogens with zero attached hydrogens (tertiary/aromatic N) is 1. The summed E-state index contributed by atoms with van der Waals surface area (Å²) in [5.74, 6) is 1.75.